The molecule has 1 unspecified atom stereocenters. The molecule has 1 atom stereocenters. The summed E-state index contributed by atoms with van der Waals surface area (Å²) in [6.45, 7) is 10.4. The Kier molecular flexibility index (Phi) is 6.10. The molecule has 0 saturated heterocycles. The number of benzene rings is 1. The van der Waals surface area contributed by atoms with E-state index < -0.39 is 0 Å². The first-order valence-corrected chi connectivity index (χ1v) is 9.34. The second-order valence-corrected chi connectivity index (χ2v) is 8.42. The topological polar surface area (TPSA) is 46.9 Å². The average molecular weight is 346 g/mol. The molecular weight excluding hydrogens is 318 g/mol. The Morgan fingerprint density at radius 2 is 1.92 bits per heavy atom. The number of aromatic nitrogens is 2. The van der Waals surface area contributed by atoms with Gasteiger partial charge in [-0.15, -0.1) is 11.8 Å². The van der Waals surface area contributed by atoms with Crippen molar-refractivity contribution in [3.05, 3.63) is 48.3 Å². The van der Waals surface area contributed by atoms with Gasteiger partial charge in [0, 0.05) is 11.9 Å². The predicted molar refractivity (Wildman–Crippen MR) is 102 cm³/mol. The second kappa shape index (κ2) is 7.88. The number of nitrogens with zero attached hydrogens (tertiary/aromatic N) is 2. The lowest BCUT2D eigenvalue weighted by atomic mass is 10.1. The molecule has 1 N–H and O–H groups in total. The minimum absolute atomic E-state index is 0.0411. The maximum absolute atomic E-state index is 12.7. The fourth-order valence-electron chi connectivity index (χ4n) is 2.30. The lowest BCUT2D eigenvalue weighted by Gasteiger charge is -2.20. The Hall–Kier alpha value is -1.75. The number of hydrogen-bond donors (Lipinski definition) is 1. The van der Waals surface area contributed by atoms with Gasteiger partial charge in [-0.25, -0.2) is 0 Å². The fraction of sp³-hybridized carbons (Fsp3) is 0.474. The molecular formula is C19H27N3OS. The van der Waals surface area contributed by atoms with Gasteiger partial charge in [-0.1, -0.05) is 44.2 Å². The minimum Gasteiger partial charge on any atom is -0.322 e. The highest BCUT2D eigenvalue weighted by Gasteiger charge is 2.24. The largest absolute Gasteiger partial charge is 0.322 e. The first-order chi connectivity index (χ1) is 11.3. The van der Waals surface area contributed by atoms with Crippen molar-refractivity contribution in [1.82, 2.24) is 9.78 Å². The van der Waals surface area contributed by atoms with E-state index >= 15 is 0 Å². The highest BCUT2D eigenvalue weighted by molar-refractivity contribution is 7.99. The lowest BCUT2D eigenvalue weighted by molar-refractivity contribution is -0.116. The van der Waals surface area contributed by atoms with Crippen LogP contribution >= 0.6 is 11.8 Å². The molecule has 130 valence electrons. The van der Waals surface area contributed by atoms with Crippen LogP contribution in [0.15, 0.2) is 42.7 Å². The highest BCUT2D eigenvalue weighted by atomic mass is 32.2. The molecule has 0 aliphatic rings. The van der Waals surface area contributed by atoms with Gasteiger partial charge in [-0.3, -0.25) is 9.48 Å². The molecule has 1 aromatic heterocycles. The predicted octanol–water partition coefficient (Wildman–Crippen LogP) is 4.53. The van der Waals surface area contributed by atoms with Gasteiger partial charge < -0.3 is 5.32 Å². The van der Waals surface area contributed by atoms with Crippen molar-refractivity contribution < 1.29 is 4.79 Å². The molecule has 0 spiro atoms. The van der Waals surface area contributed by atoms with Crippen molar-refractivity contribution in [3.8, 4) is 0 Å². The SMILES string of the molecule is CC(C)C(SCc1ccccc1)C(=O)Nc1cnn(C(C)(C)C)c1. The number of nitrogens with one attached hydrogen (secondary N) is 1. The first kappa shape index (κ1) is 18.6. The number of anilines is 1. The molecule has 0 saturated carbocycles. The van der Waals surface area contributed by atoms with Crippen LogP contribution in [0.2, 0.25) is 0 Å². The van der Waals surface area contributed by atoms with Gasteiger partial charge in [0.25, 0.3) is 0 Å². The van der Waals surface area contributed by atoms with E-state index in [1.54, 1.807) is 18.0 Å². The Bertz CT molecular complexity index is 659. The number of carbonyl (C=O) groups excluding carboxylic acids is 1. The number of hydrogen-bond acceptors (Lipinski definition) is 3. The molecule has 1 aromatic carbocycles. The summed E-state index contributed by atoms with van der Waals surface area (Å²) in [6.07, 6.45) is 3.60. The van der Waals surface area contributed by atoms with Crippen molar-refractivity contribution >= 4 is 23.4 Å². The van der Waals surface area contributed by atoms with Crippen LogP contribution in [0.1, 0.15) is 40.2 Å². The second-order valence-electron chi connectivity index (χ2n) is 7.29. The van der Waals surface area contributed by atoms with Gasteiger partial charge in [0.05, 0.1) is 22.7 Å². The summed E-state index contributed by atoms with van der Waals surface area (Å²) in [6, 6.07) is 10.3. The molecule has 0 aliphatic heterocycles. The van der Waals surface area contributed by atoms with Gasteiger partial charge in [-0.2, -0.15) is 5.10 Å². The number of carbonyl (C=O) groups is 1. The van der Waals surface area contributed by atoms with Crippen LogP contribution in [0.3, 0.4) is 0 Å². The molecule has 0 fully saturated rings. The van der Waals surface area contributed by atoms with Gasteiger partial charge in [-0.05, 0) is 32.3 Å². The number of amides is 1. The zero-order chi connectivity index (χ0) is 17.7. The molecule has 2 aromatic rings. The van der Waals surface area contributed by atoms with E-state index in [9.17, 15) is 4.79 Å². The van der Waals surface area contributed by atoms with Crippen molar-refractivity contribution in [3.63, 3.8) is 0 Å². The fourth-order valence-corrected chi connectivity index (χ4v) is 3.46. The highest BCUT2D eigenvalue weighted by Crippen LogP contribution is 2.25. The molecule has 0 radical (unpaired) electrons. The van der Waals surface area contributed by atoms with Crippen molar-refractivity contribution in [2.24, 2.45) is 5.92 Å². The van der Waals surface area contributed by atoms with Crippen LogP contribution in [0, 0.1) is 5.92 Å². The zero-order valence-corrected chi connectivity index (χ0v) is 15.9. The lowest BCUT2D eigenvalue weighted by Crippen LogP contribution is -2.29. The summed E-state index contributed by atoms with van der Waals surface area (Å²) >= 11 is 1.68. The summed E-state index contributed by atoms with van der Waals surface area (Å²) in [5.74, 6) is 1.13. The maximum atomic E-state index is 12.7. The Balaban J connectivity index is 2.00. The van der Waals surface area contributed by atoms with Crippen LogP contribution in [0.5, 0.6) is 0 Å². The van der Waals surface area contributed by atoms with Crippen LogP contribution in [-0.2, 0) is 16.1 Å². The van der Waals surface area contributed by atoms with E-state index in [0.717, 1.165) is 11.4 Å². The Morgan fingerprint density at radius 3 is 2.46 bits per heavy atom. The molecule has 1 amide bonds. The quantitative estimate of drug-likeness (QED) is 0.836. The van der Waals surface area contributed by atoms with E-state index in [-0.39, 0.29) is 22.6 Å². The van der Waals surface area contributed by atoms with Crippen LogP contribution < -0.4 is 5.32 Å². The third-order valence-electron chi connectivity index (χ3n) is 3.67. The van der Waals surface area contributed by atoms with Gasteiger partial charge in [0.2, 0.25) is 5.91 Å². The van der Waals surface area contributed by atoms with Crippen LogP contribution in [0.4, 0.5) is 5.69 Å². The summed E-state index contributed by atoms with van der Waals surface area (Å²) in [5.41, 5.74) is 1.89. The van der Waals surface area contributed by atoms with E-state index in [0.29, 0.717) is 0 Å². The maximum Gasteiger partial charge on any atom is 0.237 e. The molecule has 2 rings (SSSR count). The van der Waals surface area contributed by atoms with Gasteiger partial charge in [0.1, 0.15) is 0 Å². The van der Waals surface area contributed by atoms with Gasteiger partial charge in [0.15, 0.2) is 0 Å². The number of rotatable bonds is 6. The summed E-state index contributed by atoms with van der Waals surface area (Å²) < 4.78 is 1.87. The standard InChI is InChI=1S/C19H27N3OS/c1-14(2)17(24-13-15-9-7-6-8-10-15)18(23)21-16-11-20-22(12-16)19(3,4)5/h6-12,14,17H,13H2,1-5H3,(H,21,23). The summed E-state index contributed by atoms with van der Waals surface area (Å²) in [7, 11) is 0. The van der Waals surface area contributed by atoms with Crippen molar-refractivity contribution in [1.29, 1.82) is 0 Å². The molecule has 0 aliphatic carbocycles. The molecule has 24 heavy (non-hydrogen) atoms. The van der Waals surface area contributed by atoms with Gasteiger partial charge >= 0.3 is 0 Å². The van der Waals surface area contributed by atoms with E-state index in [1.807, 2.05) is 29.1 Å². The monoisotopic (exact) mass is 345 g/mol. The van der Waals surface area contributed by atoms with Crippen LogP contribution in [0.25, 0.3) is 0 Å². The normalized spacial score (nSPS) is 13.1. The van der Waals surface area contributed by atoms with E-state index in [4.69, 9.17) is 0 Å². The molecule has 5 heteroatoms. The summed E-state index contributed by atoms with van der Waals surface area (Å²) in [5, 5.41) is 7.25. The molecule has 0 bridgehead atoms. The smallest absolute Gasteiger partial charge is 0.237 e. The third kappa shape index (κ3) is 5.13. The zero-order valence-electron chi connectivity index (χ0n) is 15.1. The van der Waals surface area contributed by atoms with E-state index in [2.05, 4.69) is 57.2 Å². The van der Waals surface area contributed by atoms with Crippen molar-refractivity contribution in [2.45, 2.75) is 51.2 Å². The van der Waals surface area contributed by atoms with E-state index in [1.165, 1.54) is 5.56 Å². The molecule has 4 nitrogen and oxygen atoms in total. The minimum atomic E-state index is -0.0948. The van der Waals surface area contributed by atoms with Crippen LogP contribution in [-0.4, -0.2) is 20.9 Å². The Morgan fingerprint density at radius 1 is 1.25 bits per heavy atom. The Labute approximate surface area is 149 Å². The summed E-state index contributed by atoms with van der Waals surface area (Å²) in [4.78, 5) is 12.7. The number of thioether (sulfide) groups is 1. The average Bonchev–Trinajstić information content (AvgIpc) is 2.97. The van der Waals surface area contributed by atoms with Crippen molar-refractivity contribution in [2.75, 3.05) is 5.32 Å². The third-order valence-corrected chi connectivity index (χ3v) is 5.29. The molecule has 1 heterocycles. The first-order valence-electron chi connectivity index (χ1n) is 8.29.